The summed E-state index contributed by atoms with van der Waals surface area (Å²) in [5.74, 6) is 3.32. The van der Waals surface area contributed by atoms with Crippen molar-refractivity contribution in [2.75, 3.05) is 38.0 Å². The summed E-state index contributed by atoms with van der Waals surface area (Å²) in [6.07, 6.45) is 6.55. The Morgan fingerprint density at radius 2 is 1.84 bits per heavy atom. The maximum Gasteiger partial charge on any atom is 0.224 e. The highest BCUT2D eigenvalue weighted by Crippen LogP contribution is 2.29. The predicted octanol–water partition coefficient (Wildman–Crippen LogP) is 4.46. The molecular formula is C25H33N5O. The lowest BCUT2D eigenvalue weighted by atomic mass is 9.86. The van der Waals surface area contributed by atoms with Gasteiger partial charge >= 0.3 is 0 Å². The molecule has 1 heterocycles. The van der Waals surface area contributed by atoms with Crippen LogP contribution in [0.25, 0.3) is 10.8 Å². The summed E-state index contributed by atoms with van der Waals surface area (Å²) >= 11 is 0. The van der Waals surface area contributed by atoms with Gasteiger partial charge in [0.1, 0.15) is 11.6 Å². The first kappa shape index (κ1) is 21.4. The van der Waals surface area contributed by atoms with E-state index in [1.807, 2.05) is 31.3 Å². The van der Waals surface area contributed by atoms with Crippen molar-refractivity contribution >= 4 is 22.5 Å². The van der Waals surface area contributed by atoms with Crippen LogP contribution < -0.4 is 20.3 Å². The lowest BCUT2D eigenvalue weighted by Gasteiger charge is -2.29. The van der Waals surface area contributed by atoms with Gasteiger partial charge < -0.3 is 20.3 Å². The molecule has 0 unspecified atom stereocenters. The van der Waals surface area contributed by atoms with E-state index in [1.165, 1.54) is 29.2 Å². The first-order chi connectivity index (χ1) is 15.1. The van der Waals surface area contributed by atoms with Crippen LogP contribution >= 0.6 is 0 Å². The third-order valence-electron chi connectivity index (χ3n) is 6.23. The molecule has 2 aromatic carbocycles. The van der Waals surface area contributed by atoms with Gasteiger partial charge in [0.15, 0.2) is 0 Å². The molecule has 1 aliphatic rings. The lowest BCUT2D eigenvalue weighted by molar-refractivity contribution is 0.323. The Kier molecular flexibility index (Phi) is 6.87. The number of ether oxygens (including phenoxy) is 1. The molecule has 1 fully saturated rings. The highest BCUT2D eigenvalue weighted by atomic mass is 16.5. The first-order valence-electron chi connectivity index (χ1n) is 11.2. The largest absolute Gasteiger partial charge is 0.496 e. The van der Waals surface area contributed by atoms with Crippen molar-refractivity contribution in [2.24, 2.45) is 5.92 Å². The van der Waals surface area contributed by atoms with Crippen LogP contribution in [0.2, 0.25) is 0 Å². The number of nitrogens with zero attached hydrogens (tertiary/aromatic N) is 3. The zero-order valence-electron chi connectivity index (χ0n) is 18.8. The third-order valence-corrected chi connectivity index (χ3v) is 6.23. The maximum absolute atomic E-state index is 5.63. The van der Waals surface area contributed by atoms with Crippen LogP contribution in [-0.4, -0.2) is 43.8 Å². The molecule has 1 aliphatic carbocycles. The molecule has 2 N–H and O–H groups in total. The quantitative estimate of drug-likeness (QED) is 0.562. The van der Waals surface area contributed by atoms with Crippen molar-refractivity contribution in [1.82, 2.24) is 15.3 Å². The molecule has 4 rings (SSSR count). The van der Waals surface area contributed by atoms with Crippen molar-refractivity contribution in [3.63, 3.8) is 0 Å². The van der Waals surface area contributed by atoms with Gasteiger partial charge in [-0.25, -0.2) is 4.98 Å². The Labute approximate surface area is 185 Å². The van der Waals surface area contributed by atoms with Crippen molar-refractivity contribution in [3.05, 3.63) is 54.2 Å². The van der Waals surface area contributed by atoms with Crippen LogP contribution in [0, 0.1) is 5.92 Å². The average molecular weight is 420 g/mol. The number of rotatable bonds is 8. The Bertz CT molecular complexity index is 998. The highest BCUT2D eigenvalue weighted by Gasteiger charge is 2.22. The molecule has 6 nitrogen and oxygen atoms in total. The molecule has 0 saturated heterocycles. The Morgan fingerprint density at radius 1 is 1.03 bits per heavy atom. The topological polar surface area (TPSA) is 62.3 Å². The van der Waals surface area contributed by atoms with Crippen LogP contribution in [0.5, 0.6) is 5.75 Å². The van der Waals surface area contributed by atoms with Gasteiger partial charge in [-0.15, -0.1) is 0 Å². The van der Waals surface area contributed by atoms with Crippen LogP contribution in [0.3, 0.4) is 0 Å². The number of hydrogen-bond acceptors (Lipinski definition) is 6. The second-order valence-corrected chi connectivity index (χ2v) is 8.59. The van der Waals surface area contributed by atoms with Crippen LogP contribution in [0.15, 0.2) is 48.7 Å². The van der Waals surface area contributed by atoms with Gasteiger partial charge in [-0.05, 0) is 61.1 Å². The fourth-order valence-corrected chi connectivity index (χ4v) is 4.45. The molecule has 6 heteroatoms. The molecule has 0 amide bonds. The minimum Gasteiger partial charge on any atom is -0.496 e. The predicted molar refractivity (Wildman–Crippen MR) is 128 cm³/mol. The zero-order valence-corrected chi connectivity index (χ0v) is 18.8. The molecule has 0 bridgehead atoms. The fraction of sp³-hybridized carbons (Fsp3) is 0.440. The number of fused-ring (bicyclic) bond motifs is 1. The molecule has 1 aromatic heterocycles. The van der Waals surface area contributed by atoms with E-state index in [2.05, 4.69) is 57.0 Å². The SMILES string of the molecule is COc1ccc2ccccc2c1CNC[C@H]1CC[C@@H](Nc2nccc(N(C)C)n2)CC1. The van der Waals surface area contributed by atoms with E-state index < -0.39 is 0 Å². The first-order valence-corrected chi connectivity index (χ1v) is 11.2. The van der Waals surface area contributed by atoms with E-state index in [9.17, 15) is 0 Å². The molecule has 0 aliphatic heterocycles. The van der Waals surface area contributed by atoms with Crippen molar-refractivity contribution < 1.29 is 4.74 Å². The third kappa shape index (κ3) is 5.25. The summed E-state index contributed by atoms with van der Waals surface area (Å²) in [6, 6.07) is 15.1. The van der Waals surface area contributed by atoms with E-state index in [0.29, 0.717) is 12.0 Å². The number of benzene rings is 2. The van der Waals surface area contributed by atoms with Crippen LogP contribution in [0.1, 0.15) is 31.2 Å². The molecule has 0 atom stereocenters. The summed E-state index contributed by atoms with van der Waals surface area (Å²) in [6.45, 7) is 1.86. The standard InChI is InChI=1S/C25H33N5O/c1-30(2)24-14-15-27-25(29-24)28-20-11-8-18(9-12-20)16-26-17-22-21-7-5-4-6-19(21)10-13-23(22)31-3/h4-7,10,13-15,18,20,26H,8-9,11-12,16-17H2,1-3H3,(H,27,28,29)/t18-,20+. The minimum absolute atomic E-state index is 0.451. The Balaban J connectivity index is 1.28. The summed E-state index contributed by atoms with van der Waals surface area (Å²) in [5.41, 5.74) is 1.24. The fourth-order valence-electron chi connectivity index (χ4n) is 4.45. The second kappa shape index (κ2) is 9.96. The molecule has 31 heavy (non-hydrogen) atoms. The molecule has 0 spiro atoms. The highest BCUT2D eigenvalue weighted by molar-refractivity contribution is 5.87. The Hall–Kier alpha value is -2.86. The molecule has 3 aromatic rings. The van der Waals surface area contributed by atoms with E-state index in [1.54, 1.807) is 7.11 Å². The zero-order chi connectivity index (χ0) is 21.6. The summed E-state index contributed by atoms with van der Waals surface area (Å²) in [5, 5.41) is 9.74. The van der Waals surface area contributed by atoms with Gasteiger partial charge in [-0.1, -0.05) is 30.3 Å². The number of aromatic nitrogens is 2. The van der Waals surface area contributed by atoms with E-state index in [0.717, 1.165) is 43.4 Å². The molecular weight excluding hydrogens is 386 g/mol. The van der Waals surface area contributed by atoms with Gasteiger partial charge in [0, 0.05) is 38.4 Å². The van der Waals surface area contributed by atoms with Crippen molar-refractivity contribution in [1.29, 1.82) is 0 Å². The number of anilines is 2. The molecule has 164 valence electrons. The summed E-state index contributed by atoms with van der Waals surface area (Å²) in [4.78, 5) is 11.0. The Morgan fingerprint density at radius 3 is 2.61 bits per heavy atom. The van der Waals surface area contributed by atoms with E-state index in [-0.39, 0.29) is 0 Å². The lowest BCUT2D eigenvalue weighted by Crippen LogP contribution is -2.31. The normalized spacial score (nSPS) is 18.7. The maximum atomic E-state index is 5.63. The smallest absolute Gasteiger partial charge is 0.224 e. The van der Waals surface area contributed by atoms with E-state index in [4.69, 9.17) is 4.74 Å². The summed E-state index contributed by atoms with van der Waals surface area (Å²) < 4.78 is 5.63. The van der Waals surface area contributed by atoms with Gasteiger partial charge in [-0.2, -0.15) is 4.98 Å². The molecule has 1 saturated carbocycles. The van der Waals surface area contributed by atoms with Crippen molar-refractivity contribution in [2.45, 2.75) is 38.3 Å². The number of hydrogen-bond donors (Lipinski definition) is 2. The molecule has 0 radical (unpaired) electrons. The number of nitrogens with one attached hydrogen (secondary N) is 2. The van der Waals surface area contributed by atoms with Gasteiger partial charge in [0.05, 0.1) is 7.11 Å². The second-order valence-electron chi connectivity index (χ2n) is 8.59. The van der Waals surface area contributed by atoms with Gasteiger partial charge in [0.25, 0.3) is 0 Å². The van der Waals surface area contributed by atoms with Gasteiger partial charge in [0.2, 0.25) is 5.95 Å². The van der Waals surface area contributed by atoms with Gasteiger partial charge in [-0.3, -0.25) is 0 Å². The van der Waals surface area contributed by atoms with Crippen molar-refractivity contribution in [3.8, 4) is 5.75 Å². The monoisotopic (exact) mass is 419 g/mol. The van der Waals surface area contributed by atoms with Crippen LogP contribution in [0.4, 0.5) is 11.8 Å². The minimum atomic E-state index is 0.451. The van der Waals surface area contributed by atoms with Crippen LogP contribution in [-0.2, 0) is 6.54 Å². The number of methoxy groups -OCH3 is 1. The van der Waals surface area contributed by atoms with E-state index >= 15 is 0 Å². The summed E-state index contributed by atoms with van der Waals surface area (Å²) in [7, 11) is 5.75. The average Bonchev–Trinajstić information content (AvgIpc) is 2.80.